The van der Waals surface area contributed by atoms with E-state index in [4.69, 9.17) is 20.4 Å². The van der Waals surface area contributed by atoms with E-state index in [-0.39, 0.29) is 55.1 Å². The fourth-order valence-corrected chi connectivity index (χ4v) is 0. The molecule has 6 nitrogen and oxygen atoms in total. The number of carboxylic acid groups (broad SMARTS) is 2. The zero-order valence-corrected chi connectivity index (χ0v) is 6.76. The summed E-state index contributed by atoms with van der Waals surface area (Å²) in [5.41, 5.74) is 0. The van der Waals surface area contributed by atoms with Crippen molar-refractivity contribution < 1.29 is 30.0 Å². The molecule has 0 spiro atoms. The van der Waals surface area contributed by atoms with Crippen molar-refractivity contribution in [1.82, 2.24) is 0 Å². The van der Waals surface area contributed by atoms with Gasteiger partial charge in [0.05, 0.1) is 0 Å². The molecule has 2 unspecified atom stereocenters. The van der Waals surface area contributed by atoms with Crippen LogP contribution >= 0.6 is 0 Å². The van der Waals surface area contributed by atoms with Crippen LogP contribution < -0.4 is 0 Å². The van der Waals surface area contributed by atoms with Gasteiger partial charge in [-0.05, 0) is 13.8 Å². The zero-order valence-electron chi connectivity index (χ0n) is 6.76. The van der Waals surface area contributed by atoms with Crippen LogP contribution in [0.3, 0.4) is 0 Å². The van der Waals surface area contributed by atoms with E-state index in [2.05, 4.69) is 0 Å². The Morgan fingerprint density at radius 2 is 1.00 bits per heavy atom. The molecule has 0 bridgehead atoms. The topological polar surface area (TPSA) is 115 Å². The summed E-state index contributed by atoms with van der Waals surface area (Å²) in [7, 11) is 0. The summed E-state index contributed by atoms with van der Waals surface area (Å²) in [6, 6.07) is 0. The number of aliphatic hydroxyl groups excluding tert-OH is 2. The molecule has 0 aromatic heterocycles. The van der Waals surface area contributed by atoms with E-state index in [9.17, 15) is 9.59 Å². The third-order valence-electron chi connectivity index (χ3n) is 0.715. The van der Waals surface area contributed by atoms with Crippen molar-refractivity contribution in [2.45, 2.75) is 26.1 Å². The Hall–Kier alpha value is 0.652. The van der Waals surface area contributed by atoms with E-state index in [1.807, 2.05) is 0 Å². The summed E-state index contributed by atoms with van der Waals surface area (Å²) in [5, 5.41) is 31.5. The van der Waals surface area contributed by atoms with Crippen LogP contribution in [0.25, 0.3) is 0 Å². The Morgan fingerprint density at radius 1 is 0.929 bits per heavy atom. The zero-order chi connectivity index (χ0) is 10.3. The molecule has 14 heavy (non-hydrogen) atoms. The van der Waals surface area contributed by atoms with Gasteiger partial charge in [0, 0.05) is 0 Å². The monoisotopic (exact) mass is 252 g/mol. The number of rotatable bonds is 2. The molecule has 0 amide bonds. The van der Waals surface area contributed by atoms with E-state index in [0.29, 0.717) is 0 Å². The Bertz CT molecular complexity index is 142. The molecule has 0 rings (SSSR count). The molecule has 0 aromatic rings. The quantitative estimate of drug-likeness (QED) is 0.385. The third kappa shape index (κ3) is 22.9. The molecule has 82 valence electrons. The Labute approximate surface area is 122 Å². The first kappa shape index (κ1) is 24.1. The van der Waals surface area contributed by atoms with E-state index >= 15 is 0 Å². The molecule has 0 aliphatic rings. The number of carboxylic acids is 2. The fourth-order valence-electron chi connectivity index (χ4n) is 0. The molecule has 0 aliphatic carbocycles. The minimum atomic E-state index is -1.23. The van der Waals surface area contributed by atoms with Crippen LogP contribution in [0.4, 0.5) is 0 Å². The minimum absolute atomic E-state index is 0. The first-order valence-electron chi connectivity index (χ1n) is 3.10. The molecule has 0 heterocycles. The predicted molar refractivity (Wildman–Crippen MR) is 57.1 cm³/mol. The molecule has 0 aromatic carbocycles. The summed E-state index contributed by atoms with van der Waals surface area (Å²) in [4.78, 5) is 18.9. The van der Waals surface area contributed by atoms with Gasteiger partial charge in [0.2, 0.25) is 0 Å². The van der Waals surface area contributed by atoms with E-state index < -0.39 is 24.1 Å². The average molecular weight is 252 g/mol. The number of carbonyl (C=O) groups is 2. The Balaban J connectivity index is -0.0000000625. The van der Waals surface area contributed by atoms with Crippen molar-refractivity contribution in [1.29, 1.82) is 0 Å². The van der Waals surface area contributed by atoms with E-state index in [0.717, 1.165) is 0 Å². The molecule has 0 saturated heterocycles. The van der Waals surface area contributed by atoms with Crippen molar-refractivity contribution in [2.24, 2.45) is 0 Å². The van der Waals surface area contributed by atoms with Gasteiger partial charge < -0.3 is 20.4 Å². The maximum absolute atomic E-state index is 9.45. The summed E-state index contributed by atoms with van der Waals surface area (Å²) in [6.45, 7) is 2.39. The van der Waals surface area contributed by atoms with Crippen LogP contribution in [0.15, 0.2) is 0 Å². The first-order chi connectivity index (χ1) is 5.29. The van der Waals surface area contributed by atoms with Crippen LogP contribution in [-0.4, -0.2) is 99.7 Å². The Morgan fingerprint density at radius 3 is 1.00 bits per heavy atom. The van der Waals surface area contributed by atoms with Gasteiger partial charge in [0.1, 0.15) is 12.2 Å². The molecular formula is C6H17AlCaO6. The van der Waals surface area contributed by atoms with Gasteiger partial charge in [-0.1, -0.05) is 0 Å². The number of hydrogen-bond donors (Lipinski definition) is 4. The number of aliphatic carboxylic acids is 2. The predicted octanol–water partition coefficient (Wildman–Crippen LogP) is -3.20. The molecule has 8 heteroatoms. The normalized spacial score (nSPS) is 11.7. The summed E-state index contributed by atoms with van der Waals surface area (Å²) >= 11 is 0. The average Bonchev–Trinajstić information content (AvgIpc) is 1.88. The van der Waals surface area contributed by atoms with Gasteiger partial charge in [-0.3, -0.25) is 0 Å². The summed E-state index contributed by atoms with van der Waals surface area (Å²) < 4.78 is 0. The molecular weight excluding hydrogens is 235 g/mol. The van der Waals surface area contributed by atoms with Gasteiger partial charge in [0.15, 0.2) is 17.4 Å². The molecule has 0 aliphatic heterocycles. The van der Waals surface area contributed by atoms with Gasteiger partial charge in [-0.2, -0.15) is 0 Å². The molecule has 0 fully saturated rings. The molecule has 4 N–H and O–H groups in total. The van der Waals surface area contributed by atoms with Crippen molar-refractivity contribution in [3.8, 4) is 0 Å². The first-order valence-corrected chi connectivity index (χ1v) is 3.10. The van der Waals surface area contributed by atoms with Crippen LogP contribution in [0.5, 0.6) is 0 Å². The molecule has 2 atom stereocenters. The van der Waals surface area contributed by atoms with Crippen molar-refractivity contribution in [3.05, 3.63) is 0 Å². The standard InChI is InChI=1S/2C3H6O3.Al.Ca.5H/c2*1-2(4)3(5)6;;;;;;;/h2*2,4H,1H3,(H,5,6);;;;;;;. The van der Waals surface area contributed by atoms with Crippen molar-refractivity contribution in [2.75, 3.05) is 0 Å². The van der Waals surface area contributed by atoms with Crippen molar-refractivity contribution in [3.63, 3.8) is 0 Å². The third-order valence-corrected chi connectivity index (χ3v) is 0.715. The van der Waals surface area contributed by atoms with Crippen LogP contribution in [0.1, 0.15) is 13.8 Å². The maximum atomic E-state index is 9.45. The van der Waals surface area contributed by atoms with Crippen molar-refractivity contribution >= 4 is 67.0 Å². The molecule has 0 saturated carbocycles. The van der Waals surface area contributed by atoms with Crippen LogP contribution in [0.2, 0.25) is 0 Å². The van der Waals surface area contributed by atoms with Gasteiger partial charge in [0.25, 0.3) is 0 Å². The van der Waals surface area contributed by atoms with Gasteiger partial charge in [-0.15, -0.1) is 0 Å². The van der Waals surface area contributed by atoms with Gasteiger partial charge in [-0.25, -0.2) is 9.59 Å². The fraction of sp³-hybridized carbons (Fsp3) is 0.667. The van der Waals surface area contributed by atoms with E-state index in [1.54, 1.807) is 0 Å². The summed E-state index contributed by atoms with van der Waals surface area (Å²) in [6.07, 6.45) is -2.46. The van der Waals surface area contributed by atoms with Gasteiger partial charge >= 0.3 is 49.7 Å². The number of hydrogen-bond acceptors (Lipinski definition) is 4. The SMILES string of the molecule is CC(O)C(=O)O.CC(O)C(=O)O.[AlH3].[CaH2]. The Kier molecular flexibility index (Phi) is 23.5. The van der Waals surface area contributed by atoms with Crippen LogP contribution in [-0.2, 0) is 9.59 Å². The van der Waals surface area contributed by atoms with E-state index in [1.165, 1.54) is 13.8 Å². The van der Waals surface area contributed by atoms with Crippen LogP contribution in [0, 0.1) is 0 Å². The summed E-state index contributed by atoms with van der Waals surface area (Å²) in [5.74, 6) is -2.37. The second-order valence-corrected chi connectivity index (χ2v) is 2.03. The second kappa shape index (κ2) is 13.7. The second-order valence-electron chi connectivity index (χ2n) is 2.03. The molecule has 0 radical (unpaired) electrons. The number of aliphatic hydroxyl groups is 2.